The number of hydrogen-bond acceptors (Lipinski definition) is 5. The average Bonchev–Trinajstić information content (AvgIpc) is 3.11. The first-order valence-electron chi connectivity index (χ1n) is 5.73. The minimum atomic E-state index is 0.125. The molecular weight excluding hydrogens is 220 g/mol. The van der Waals surface area contributed by atoms with Gasteiger partial charge < -0.3 is 10.5 Å². The summed E-state index contributed by atoms with van der Waals surface area (Å²) < 4.78 is 5.21. The van der Waals surface area contributed by atoms with Crippen LogP contribution in [0, 0.1) is 0 Å². The largest absolute Gasteiger partial charge is 0.481 e. The monoisotopic (exact) mass is 234 g/mol. The zero-order valence-electron chi connectivity index (χ0n) is 9.64. The van der Waals surface area contributed by atoms with Crippen LogP contribution in [0.3, 0.4) is 0 Å². The Balaban J connectivity index is 2.13. The first kappa shape index (κ1) is 10.3. The standard InChI is InChI=1S/C11H14N4O2/c1-17-10-7-4-5-8(16)15(6-2-3-6)9(7)13-11(12)14-10/h6H,2-5H2,1H3,(H2,12,13,14). The molecule has 2 heterocycles. The Hall–Kier alpha value is -1.85. The highest BCUT2D eigenvalue weighted by molar-refractivity contribution is 5.96. The molecule has 0 aromatic carbocycles. The Morgan fingerprint density at radius 1 is 1.35 bits per heavy atom. The number of anilines is 2. The summed E-state index contributed by atoms with van der Waals surface area (Å²) in [6.07, 6.45) is 3.20. The third-order valence-electron chi connectivity index (χ3n) is 3.16. The summed E-state index contributed by atoms with van der Waals surface area (Å²) in [5.41, 5.74) is 6.54. The fourth-order valence-electron chi connectivity index (χ4n) is 2.23. The molecule has 0 spiro atoms. The number of fused-ring (bicyclic) bond motifs is 1. The molecule has 1 amide bonds. The Morgan fingerprint density at radius 3 is 2.76 bits per heavy atom. The van der Waals surface area contributed by atoms with Gasteiger partial charge >= 0.3 is 0 Å². The van der Waals surface area contributed by atoms with Gasteiger partial charge in [0.05, 0.1) is 12.7 Å². The Labute approximate surface area is 98.8 Å². The molecule has 1 saturated carbocycles. The van der Waals surface area contributed by atoms with Crippen LogP contribution >= 0.6 is 0 Å². The number of aromatic nitrogens is 2. The summed E-state index contributed by atoms with van der Waals surface area (Å²) in [7, 11) is 1.56. The number of amides is 1. The summed E-state index contributed by atoms with van der Waals surface area (Å²) in [4.78, 5) is 22.0. The van der Waals surface area contributed by atoms with E-state index in [1.54, 1.807) is 12.0 Å². The van der Waals surface area contributed by atoms with Gasteiger partial charge in [-0.1, -0.05) is 0 Å². The highest BCUT2D eigenvalue weighted by Gasteiger charge is 2.39. The molecule has 1 fully saturated rings. The fraction of sp³-hybridized carbons (Fsp3) is 0.545. The molecule has 17 heavy (non-hydrogen) atoms. The predicted molar refractivity (Wildman–Crippen MR) is 61.8 cm³/mol. The number of hydrogen-bond donors (Lipinski definition) is 1. The Morgan fingerprint density at radius 2 is 2.12 bits per heavy atom. The van der Waals surface area contributed by atoms with Crippen molar-refractivity contribution in [3.8, 4) is 5.88 Å². The zero-order valence-corrected chi connectivity index (χ0v) is 9.64. The van der Waals surface area contributed by atoms with E-state index in [0.717, 1.165) is 18.4 Å². The number of rotatable bonds is 2. The lowest BCUT2D eigenvalue weighted by Crippen LogP contribution is -2.38. The Bertz CT molecular complexity index is 485. The molecule has 0 bridgehead atoms. The van der Waals surface area contributed by atoms with Gasteiger partial charge in [-0.15, -0.1) is 0 Å². The lowest BCUT2D eigenvalue weighted by atomic mass is 10.1. The van der Waals surface area contributed by atoms with Crippen LogP contribution in [-0.2, 0) is 11.2 Å². The maximum Gasteiger partial charge on any atom is 0.228 e. The molecule has 0 unspecified atom stereocenters. The van der Waals surface area contributed by atoms with Crippen molar-refractivity contribution in [1.82, 2.24) is 9.97 Å². The maximum atomic E-state index is 11.9. The molecule has 6 heteroatoms. The van der Waals surface area contributed by atoms with Gasteiger partial charge in [0.1, 0.15) is 5.82 Å². The van der Waals surface area contributed by atoms with Gasteiger partial charge in [-0.3, -0.25) is 9.69 Å². The normalized spacial score (nSPS) is 19.1. The third kappa shape index (κ3) is 1.60. The van der Waals surface area contributed by atoms with Crippen LogP contribution < -0.4 is 15.4 Å². The van der Waals surface area contributed by atoms with E-state index in [-0.39, 0.29) is 11.9 Å². The van der Waals surface area contributed by atoms with Crippen molar-refractivity contribution >= 4 is 17.7 Å². The van der Waals surface area contributed by atoms with E-state index >= 15 is 0 Å². The lowest BCUT2D eigenvalue weighted by Gasteiger charge is -2.28. The molecule has 1 aromatic rings. The van der Waals surface area contributed by atoms with E-state index in [9.17, 15) is 4.79 Å². The molecule has 0 saturated heterocycles. The second kappa shape index (κ2) is 3.58. The number of nitrogens with two attached hydrogens (primary N) is 1. The average molecular weight is 234 g/mol. The van der Waals surface area contributed by atoms with Crippen LogP contribution in [0.25, 0.3) is 0 Å². The molecule has 0 radical (unpaired) electrons. The van der Waals surface area contributed by atoms with E-state index in [0.29, 0.717) is 30.6 Å². The van der Waals surface area contributed by atoms with Crippen LogP contribution in [-0.4, -0.2) is 29.0 Å². The minimum Gasteiger partial charge on any atom is -0.481 e. The first-order valence-corrected chi connectivity index (χ1v) is 5.73. The molecule has 1 aromatic heterocycles. The van der Waals surface area contributed by atoms with Crippen molar-refractivity contribution in [1.29, 1.82) is 0 Å². The summed E-state index contributed by atoms with van der Waals surface area (Å²) >= 11 is 0. The SMILES string of the molecule is COc1nc(N)nc2c1CCC(=O)N2C1CC1. The smallest absolute Gasteiger partial charge is 0.228 e. The first-order chi connectivity index (χ1) is 8.20. The van der Waals surface area contributed by atoms with Crippen molar-refractivity contribution < 1.29 is 9.53 Å². The quantitative estimate of drug-likeness (QED) is 0.806. The molecular formula is C11H14N4O2. The van der Waals surface area contributed by atoms with E-state index in [4.69, 9.17) is 10.5 Å². The van der Waals surface area contributed by atoms with Crippen molar-refractivity contribution in [2.24, 2.45) is 0 Å². The highest BCUT2D eigenvalue weighted by Crippen LogP contribution is 2.39. The fourth-order valence-corrected chi connectivity index (χ4v) is 2.23. The molecule has 90 valence electrons. The van der Waals surface area contributed by atoms with Crippen LogP contribution in [0.5, 0.6) is 5.88 Å². The number of ether oxygens (including phenoxy) is 1. The maximum absolute atomic E-state index is 11.9. The number of nitrogen functional groups attached to an aromatic ring is 1. The van der Waals surface area contributed by atoms with Gasteiger partial charge in [0.25, 0.3) is 0 Å². The number of nitrogens with zero attached hydrogens (tertiary/aromatic N) is 3. The highest BCUT2D eigenvalue weighted by atomic mass is 16.5. The summed E-state index contributed by atoms with van der Waals surface area (Å²) in [5.74, 6) is 1.42. The van der Waals surface area contributed by atoms with Crippen LogP contribution in [0.2, 0.25) is 0 Å². The Kier molecular flexibility index (Phi) is 2.17. The van der Waals surface area contributed by atoms with Crippen LogP contribution in [0.4, 0.5) is 11.8 Å². The van der Waals surface area contributed by atoms with Crippen molar-refractivity contribution in [2.45, 2.75) is 31.7 Å². The molecule has 2 aliphatic rings. The van der Waals surface area contributed by atoms with E-state index in [2.05, 4.69) is 9.97 Å². The van der Waals surface area contributed by atoms with Gasteiger partial charge in [0.15, 0.2) is 0 Å². The van der Waals surface area contributed by atoms with Crippen LogP contribution in [0.1, 0.15) is 24.8 Å². The van der Waals surface area contributed by atoms with Crippen molar-refractivity contribution in [3.05, 3.63) is 5.56 Å². The topological polar surface area (TPSA) is 81.3 Å². The second-order valence-corrected chi connectivity index (χ2v) is 4.39. The molecule has 0 atom stereocenters. The molecule has 6 nitrogen and oxygen atoms in total. The molecule has 1 aliphatic heterocycles. The van der Waals surface area contributed by atoms with E-state index in [1.807, 2.05) is 0 Å². The van der Waals surface area contributed by atoms with E-state index in [1.165, 1.54) is 0 Å². The summed E-state index contributed by atoms with van der Waals surface area (Å²) in [5, 5.41) is 0. The zero-order chi connectivity index (χ0) is 12.0. The number of carbonyl (C=O) groups is 1. The van der Waals surface area contributed by atoms with Crippen LogP contribution in [0.15, 0.2) is 0 Å². The van der Waals surface area contributed by atoms with Gasteiger partial charge in [-0.25, -0.2) is 0 Å². The van der Waals surface area contributed by atoms with Gasteiger partial charge in [0, 0.05) is 12.5 Å². The predicted octanol–water partition coefficient (Wildman–Crippen LogP) is 0.509. The number of carbonyl (C=O) groups excluding carboxylic acids is 1. The molecule has 3 rings (SSSR count). The van der Waals surface area contributed by atoms with Gasteiger partial charge in [0.2, 0.25) is 17.7 Å². The summed E-state index contributed by atoms with van der Waals surface area (Å²) in [6.45, 7) is 0. The van der Waals surface area contributed by atoms with Crippen molar-refractivity contribution in [3.63, 3.8) is 0 Å². The van der Waals surface area contributed by atoms with Crippen molar-refractivity contribution in [2.75, 3.05) is 17.7 Å². The van der Waals surface area contributed by atoms with Gasteiger partial charge in [-0.2, -0.15) is 9.97 Å². The second-order valence-electron chi connectivity index (χ2n) is 4.39. The van der Waals surface area contributed by atoms with E-state index < -0.39 is 0 Å². The third-order valence-corrected chi connectivity index (χ3v) is 3.16. The lowest BCUT2D eigenvalue weighted by molar-refractivity contribution is -0.119. The van der Waals surface area contributed by atoms with Gasteiger partial charge in [-0.05, 0) is 19.3 Å². The minimum absolute atomic E-state index is 0.125. The number of methoxy groups -OCH3 is 1. The molecule has 2 N–H and O–H groups in total. The summed E-state index contributed by atoms with van der Waals surface area (Å²) in [6, 6.07) is 0.292. The molecule has 1 aliphatic carbocycles.